The highest BCUT2D eigenvalue weighted by Gasteiger charge is 2.10. The number of fused-ring (bicyclic) bond motifs is 1. The third-order valence-corrected chi connectivity index (χ3v) is 2.50. The number of rotatable bonds is 2. The molecule has 2 rings (SSSR count). The van der Waals surface area contributed by atoms with Crippen LogP contribution in [-0.4, -0.2) is 18.8 Å². The third kappa shape index (κ3) is 2.64. The SMILES string of the molecule is [B]c1ccc2ccc([C@@H](C)OC(C)=O)nc2c1. The molecule has 17 heavy (non-hydrogen) atoms. The lowest BCUT2D eigenvalue weighted by Crippen LogP contribution is -2.07. The van der Waals surface area contributed by atoms with Crippen LogP contribution in [0.4, 0.5) is 0 Å². The Kier molecular flexibility index (Phi) is 3.13. The Balaban J connectivity index is 2.39. The maximum Gasteiger partial charge on any atom is 0.303 e. The first-order valence-corrected chi connectivity index (χ1v) is 5.39. The fourth-order valence-corrected chi connectivity index (χ4v) is 1.69. The van der Waals surface area contributed by atoms with Gasteiger partial charge in [0.2, 0.25) is 0 Å². The molecule has 0 fully saturated rings. The number of nitrogens with zero attached hydrogens (tertiary/aromatic N) is 1. The predicted octanol–water partition coefficient (Wildman–Crippen LogP) is 1.65. The van der Waals surface area contributed by atoms with E-state index in [0.717, 1.165) is 16.6 Å². The van der Waals surface area contributed by atoms with Gasteiger partial charge in [-0.3, -0.25) is 4.79 Å². The Morgan fingerprint density at radius 3 is 2.76 bits per heavy atom. The molecular formula is C13H12BNO2. The van der Waals surface area contributed by atoms with Gasteiger partial charge in [0.1, 0.15) is 14.0 Å². The maximum absolute atomic E-state index is 10.9. The topological polar surface area (TPSA) is 39.2 Å². The van der Waals surface area contributed by atoms with Crippen molar-refractivity contribution in [1.29, 1.82) is 0 Å². The van der Waals surface area contributed by atoms with Gasteiger partial charge >= 0.3 is 5.97 Å². The zero-order chi connectivity index (χ0) is 12.4. The van der Waals surface area contributed by atoms with Gasteiger partial charge in [0.25, 0.3) is 0 Å². The van der Waals surface area contributed by atoms with Crippen LogP contribution in [0.2, 0.25) is 0 Å². The first-order valence-electron chi connectivity index (χ1n) is 5.39. The van der Waals surface area contributed by atoms with Crippen LogP contribution < -0.4 is 5.46 Å². The minimum absolute atomic E-state index is 0.313. The van der Waals surface area contributed by atoms with Crippen LogP contribution in [0, 0.1) is 0 Å². The molecule has 0 unspecified atom stereocenters. The monoisotopic (exact) mass is 225 g/mol. The molecule has 2 radical (unpaired) electrons. The van der Waals surface area contributed by atoms with Crippen molar-refractivity contribution in [3.63, 3.8) is 0 Å². The summed E-state index contributed by atoms with van der Waals surface area (Å²) in [5.41, 5.74) is 2.20. The van der Waals surface area contributed by atoms with E-state index < -0.39 is 0 Å². The average Bonchev–Trinajstić information content (AvgIpc) is 2.27. The molecule has 0 N–H and O–H groups in total. The van der Waals surface area contributed by atoms with E-state index in [4.69, 9.17) is 12.6 Å². The molecule has 3 nitrogen and oxygen atoms in total. The van der Waals surface area contributed by atoms with Crippen molar-refractivity contribution >= 4 is 30.2 Å². The molecule has 0 spiro atoms. The van der Waals surface area contributed by atoms with Crippen molar-refractivity contribution in [1.82, 2.24) is 4.98 Å². The summed E-state index contributed by atoms with van der Waals surface area (Å²) >= 11 is 0. The lowest BCUT2D eigenvalue weighted by Gasteiger charge is -2.11. The Hall–Kier alpha value is -1.84. The Bertz CT molecular complexity index is 568. The van der Waals surface area contributed by atoms with Gasteiger partial charge in [-0.25, -0.2) is 4.98 Å². The van der Waals surface area contributed by atoms with Crippen molar-refractivity contribution in [3.8, 4) is 0 Å². The van der Waals surface area contributed by atoms with Gasteiger partial charge < -0.3 is 4.74 Å². The van der Waals surface area contributed by atoms with Crippen molar-refractivity contribution in [2.45, 2.75) is 20.0 Å². The number of hydrogen-bond acceptors (Lipinski definition) is 3. The fraction of sp³-hybridized carbons (Fsp3) is 0.231. The Labute approximate surface area is 101 Å². The zero-order valence-corrected chi connectivity index (χ0v) is 9.81. The van der Waals surface area contributed by atoms with Crippen LogP contribution in [0.5, 0.6) is 0 Å². The normalized spacial score (nSPS) is 12.4. The van der Waals surface area contributed by atoms with Crippen molar-refractivity contribution < 1.29 is 9.53 Å². The highest BCUT2D eigenvalue weighted by atomic mass is 16.5. The number of hydrogen-bond donors (Lipinski definition) is 0. The summed E-state index contributed by atoms with van der Waals surface area (Å²) in [5, 5.41) is 1.01. The van der Waals surface area contributed by atoms with E-state index in [1.54, 1.807) is 13.0 Å². The lowest BCUT2D eigenvalue weighted by atomic mass is 9.95. The van der Waals surface area contributed by atoms with E-state index in [1.165, 1.54) is 6.92 Å². The second-order valence-corrected chi connectivity index (χ2v) is 3.94. The second-order valence-electron chi connectivity index (χ2n) is 3.94. The van der Waals surface area contributed by atoms with E-state index in [2.05, 4.69) is 4.98 Å². The molecule has 1 aromatic carbocycles. The molecule has 1 heterocycles. The molecule has 0 bridgehead atoms. The van der Waals surface area contributed by atoms with Gasteiger partial charge in [0, 0.05) is 12.3 Å². The van der Waals surface area contributed by atoms with Crippen LogP contribution in [0.15, 0.2) is 30.3 Å². The maximum atomic E-state index is 10.9. The molecular weight excluding hydrogens is 213 g/mol. The standard InChI is InChI=1S/C13H12BNO2/c1-8(17-9(2)16)12-6-4-10-3-5-11(14)7-13(10)15-12/h3-8H,1-2H3/t8-/m1/s1. The molecule has 4 heteroatoms. The number of aromatic nitrogens is 1. The molecule has 0 aliphatic rings. The average molecular weight is 225 g/mol. The van der Waals surface area contributed by atoms with Gasteiger partial charge in [0.05, 0.1) is 11.2 Å². The van der Waals surface area contributed by atoms with E-state index in [9.17, 15) is 4.79 Å². The van der Waals surface area contributed by atoms with Gasteiger partial charge in [0.15, 0.2) is 0 Å². The second kappa shape index (κ2) is 4.57. The van der Waals surface area contributed by atoms with Gasteiger partial charge in [-0.05, 0) is 19.1 Å². The summed E-state index contributed by atoms with van der Waals surface area (Å²) in [5.74, 6) is -0.313. The molecule has 1 atom stereocenters. The lowest BCUT2D eigenvalue weighted by molar-refractivity contribution is -0.145. The number of ether oxygens (including phenoxy) is 1. The largest absolute Gasteiger partial charge is 0.456 e. The van der Waals surface area contributed by atoms with Gasteiger partial charge in [-0.15, -0.1) is 0 Å². The van der Waals surface area contributed by atoms with Crippen LogP contribution in [0.3, 0.4) is 0 Å². The number of pyridine rings is 1. The molecule has 0 saturated carbocycles. The van der Waals surface area contributed by atoms with Gasteiger partial charge in [-0.2, -0.15) is 0 Å². The first-order chi connectivity index (χ1) is 8.06. The predicted molar refractivity (Wildman–Crippen MR) is 67.3 cm³/mol. The molecule has 2 aromatic rings. The van der Waals surface area contributed by atoms with Gasteiger partial charge in [-0.1, -0.05) is 23.7 Å². The van der Waals surface area contributed by atoms with Crippen LogP contribution in [0.25, 0.3) is 10.9 Å². The number of benzene rings is 1. The molecule has 0 aliphatic heterocycles. The highest BCUT2D eigenvalue weighted by Crippen LogP contribution is 2.18. The van der Waals surface area contributed by atoms with Crippen molar-refractivity contribution in [3.05, 3.63) is 36.0 Å². The molecule has 0 aliphatic carbocycles. The summed E-state index contributed by atoms with van der Waals surface area (Å²) in [4.78, 5) is 15.3. The van der Waals surface area contributed by atoms with E-state index in [-0.39, 0.29) is 12.1 Å². The first kappa shape index (κ1) is 11.6. The van der Waals surface area contributed by atoms with E-state index in [0.29, 0.717) is 5.46 Å². The number of carbonyl (C=O) groups excluding carboxylic acids is 1. The number of carbonyl (C=O) groups is 1. The summed E-state index contributed by atoms with van der Waals surface area (Å²) in [6.45, 7) is 3.18. The van der Waals surface area contributed by atoms with Crippen LogP contribution in [0.1, 0.15) is 25.6 Å². The Morgan fingerprint density at radius 1 is 1.35 bits per heavy atom. The van der Waals surface area contributed by atoms with Crippen molar-refractivity contribution in [2.24, 2.45) is 0 Å². The molecule has 0 amide bonds. The summed E-state index contributed by atoms with van der Waals surface area (Å²) in [7, 11) is 5.71. The summed E-state index contributed by atoms with van der Waals surface area (Å²) in [6, 6.07) is 9.35. The highest BCUT2D eigenvalue weighted by molar-refractivity contribution is 6.33. The minimum atomic E-state index is -0.349. The van der Waals surface area contributed by atoms with E-state index >= 15 is 0 Å². The van der Waals surface area contributed by atoms with Crippen molar-refractivity contribution in [2.75, 3.05) is 0 Å². The Morgan fingerprint density at radius 2 is 2.06 bits per heavy atom. The minimum Gasteiger partial charge on any atom is -0.456 e. The molecule has 84 valence electrons. The fourth-order valence-electron chi connectivity index (χ4n) is 1.69. The number of esters is 1. The van der Waals surface area contributed by atoms with Crippen LogP contribution >= 0.6 is 0 Å². The van der Waals surface area contributed by atoms with E-state index in [1.807, 2.05) is 24.3 Å². The molecule has 1 aromatic heterocycles. The third-order valence-electron chi connectivity index (χ3n) is 2.50. The summed E-state index contributed by atoms with van der Waals surface area (Å²) in [6.07, 6.45) is -0.349. The smallest absolute Gasteiger partial charge is 0.303 e. The summed E-state index contributed by atoms with van der Waals surface area (Å²) < 4.78 is 5.08. The molecule has 0 saturated heterocycles. The zero-order valence-electron chi connectivity index (χ0n) is 9.81. The van der Waals surface area contributed by atoms with Crippen LogP contribution in [-0.2, 0) is 9.53 Å². The quantitative estimate of drug-likeness (QED) is 0.576.